The number of allylic oxidation sites excluding steroid dienone is 6. The Hall–Kier alpha value is -1.33. The van der Waals surface area contributed by atoms with E-state index in [4.69, 9.17) is 4.74 Å². The van der Waals surface area contributed by atoms with Crippen molar-refractivity contribution >= 4 is 0 Å². The van der Waals surface area contributed by atoms with E-state index >= 15 is 0 Å². The monoisotopic (exact) mass is 711 g/mol. The van der Waals surface area contributed by atoms with Crippen LogP contribution in [-0.2, 0) is 4.74 Å². The second-order valence-corrected chi connectivity index (χ2v) is 19.2. The molecule has 51 heavy (non-hydrogen) atoms. The van der Waals surface area contributed by atoms with Crippen LogP contribution in [0.1, 0.15) is 143 Å². The van der Waals surface area contributed by atoms with Crippen molar-refractivity contribution < 1.29 is 23.0 Å². The molecule has 4 saturated carbocycles. The third-order valence-electron chi connectivity index (χ3n) is 15.8. The summed E-state index contributed by atoms with van der Waals surface area (Å²) in [5, 5.41) is 11.9. The minimum Gasteiger partial charge on any atom is -0.388 e. The van der Waals surface area contributed by atoms with Crippen LogP contribution in [0.3, 0.4) is 0 Å². The molecule has 0 spiro atoms. The molecule has 0 aromatic rings. The van der Waals surface area contributed by atoms with Crippen molar-refractivity contribution in [2.45, 2.75) is 167 Å². The van der Waals surface area contributed by atoms with Gasteiger partial charge in [0.25, 0.3) is 0 Å². The molecule has 6 aliphatic carbocycles. The molecule has 5 heteroatoms. The van der Waals surface area contributed by atoms with E-state index in [0.717, 1.165) is 69.1 Å². The third kappa shape index (κ3) is 8.98. The Kier molecular flexibility index (Phi) is 12.0. The first-order chi connectivity index (χ1) is 24.4. The van der Waals surface area contributed by atoms with E-state index in [1.807, 2.05) is 0 Å². The molecule has 7 aliphatic rings. The van der Waals surface area contributed by atoms with Gasteiger partial charge in [-0.25, -0.2) is 0 Å². The summed E-state index contributed by atoms with van der Waals surface area (Å²) in [6.45, 7) is 11.5. The number of epoxide rings is 1. The summed E-state index contributed by atoms with van der Waals surface area (Å²) in [5.74, 6) is 3.08. The fraction of sp³-hybridized carbons (Fsp3) is 0.826. The lowest BCUT2D eigenvalue weighted by atomic mass is 9.59. The van der Waals surface area contributed by atoms with Gasteiger partial charge in [0.2, 0.25) is 0 Å². The van der Waals surface area contributed by atoms with Gasteiger partial charge < -0.3 is 9.84 Å². The van der Waals surface area contributed by atoms with Crippen molar-refractivity contribution in [3.63, 3.8) is 0 Å². The van der Waals surface area contributed by atoms with Crippen LogP contribution in [0, 0.1) is 71.0 Å². The van der Waals surface area contributed by atoms with Crippen LogP contribution in [-0.4, -0.2) is 29.6 Å². The first-order valence-electron chi connectivity index (χ1n) is 21.6. The van der Waals surface area contributed by atoms with Gasteiger partial charge in [0.15, 0.2) is 0 Å². The summed E-state index contributed by atoms with van der Waals surface area (Å²) >= 11 is 0. The SMILES string of the molecule is C=C(C1CCC(CC=C2CCC(C)CC2)C(C(F)(F)F)C1)C(O)C1CCC(C)C(C2C3=CCC(CC4CCC5OC5CC4)CCC3C=CC2C)C1. The summed E-state index contributed by atoms with van der Waals surface area (Å²) in [6.07, 6.45) is 25.6. The minimum atomic E-state index is -4.21. The van der Waals surface area contributed by atoms with E-state index in [0.29, 0.717) is 60.2 Å². The maximum absolute atomic E-state index is 14.5. The first kappa shape index (κ1) is 38.0. The second-order valence-electron chi connectivity index (χ2n) is 19.2. The summed E-state index contributed by atoms with van der Waals surface area (Å²) in [7, 11) is 0. The van der Waals surface area contributed by atoms with E-state index in [-0.39, 0.29) is 24.2 Å². The average Bonchev–Trinajstić information content (AvgIpc) is 3.92. The quantitative estimate of drug-likeness (QED) is 0.201. The molecule has 13 unspecified atom stereocenters. The van der Waals surface area contributed by atoms with Crippen molar-refractivity contribution in [1.29, 1.82) is 0 Å². The first-order valence-corrected chi connectivity index (χ1v) is 21.6. The van der Waals surface area contributed by atoms with E-state index in [1.165, 1.54) is 56.9 Å². The smallest absolute Gasteiger partial charge is 0.388 e. The van der Waals surface area contributed by atoms with Crippen molar-refractivity contribution in [3.8, 4) is 0 Å². The molecule has 1 saturated heterocycles. The lowest BCUT2D eigenvalue weighted by Crippen LogP contribution is -2.41. The Morgan fingerprint density at radius 3 is 2.33 bits per heavy atom. The number of hydrogen-bond donors (Lipinski definition) is 1. The van der Waals surface area contributed by atoms with Gasteiger partial charge in [-0.3, -0.25) is 0 Å². The second kappa shape index (κ2) is 16.2. The van der Waals surface area contributed by atoms with Crippen LogP contribution in [0.5, 0.6) is 0 Å². The molecule has 0 radical (unpaired) electrons. The molecule has 7 rings (SSSR count). The number of alkyl halides is 3. The molecule has 13 atom stereocenters. The number of aliphatic hydroxyl groups excluding tert-OH is 1. The number of halogens is 3. The fourth-order valence-corrected chi connectivity index (χ4v) is 12.3. The molecule has 5 fully saturated rings. The summed E-state index contributed by atoms with van der Waals surface area (Å²) in [5.41, 5.74) is 3.72. The lowest BCUT2D eigenvalue weighted by Gasteiger charge is -2.46. The Morgan fingerprint density at radius 1 is 0.882 bits per heavy atom. The van der Waals surface area contributed by atoms with E-state index in [9.17, 15) is 18.3 Å². The Bertz CT molecular complexity index is 1270. The average molecular weight is 711 g/mol. The van der Waals surface area contributed by atoms with Crippen molar-refractivity contribution in [3.05, 3.63) is 47.6 Å². The highest BCUT2D eigenvalue weighted by Crippen LogP contribution is 2.53. The molecule has 1 heterocycles. The van der Waals surface area contributed by atoms with Gasteiger partial charge in [0.1, 0.15) is 0 Å². The van der Waals surface area contributed by atoms with Gasteiger partial charge in [0.05, 0.1) is 24.2 Å². The normalized spacial score (nSPS) is 43.9. The van der Waals surface area contributed by atoms with Crippen LogP contribution >= 0.6 is 0 Å². The van der Waals surface area contributed by atoms with Crippen molar-refractivity contribution in [2.24, 2.45) is 71.0 Å². The highest BCUT2D eigenvalue weighted by atomic mass is 19.4. The molecule has 0 aromatic heterocycles. The van der Waals surface area contributed by atoms with Crippen LogP contribution in [0.4, 0.5) is 13.2 Å². The van der Waals surface area contributed by atoms with Crippen molar-refractivity contribution in [1.82, 2.24) is 0 Å². The standard InChI is InChI=1S/C46H69F3O2/c1-28-5-9-32(10-6-28)11-19-36-20-21-37(27-41(36)46(47,48)49)31(4)45(50)38-17-7-29(2)40(26-38)44-30(3)8-16-35-18-12-33(13-22-39(35)44)25-34-14-23-42-43(51-42)24-15-34/h8,11,16,22,28-30,33-38,40-45,50H,4-7,9-10,12-15,17-21,23-27H2,1-3H3. The molecule has 286 valence electrons. The molecule has 1 N–H and O–H groups in total. The van der Waals surface area contributed by atoms with Crippen LogP contribution in [0.15, 0.2) is 47.6 Å². The predicted octanol–water partition coefficient (Wildman–Crippen LogP) is 12.6. The maximum Gasteiger partial charge on any atom is 0.392 e. The van der Waals surface area contributed by atoms with Crippen molar-refractivity contribution in [2.75, 3.05) is 0 Å². The number of hydrogen-bond acceptors (Lipinski definition) is 2. The zero-order chi connectivity index (χ0) is 35.9. The molecular formula is C46H69F3O2. The van der Waals surface area contributed by atoms with Crippen LogP contribution in [0.25, 0.3) is 0 Å². The summed E-state index contributed by atoms with van der Waals surface area (Å²) in [6, 6.07) is 0. The Balaban J connectivity index is 0.983. The topological polar surface area (TPSA) is 32.8 Å². The number of ether oxygens (including phenoxy) is 1. The van der Waals surface area contributed by atoms with E-state index < -0.39 is 18.2 Å². The fourth-order valence-electron chi connectivity index (χ4n) is 12.3. The predicted molar refractivity (Wildman–Crippen MR) is 202 cm³/mol. The summed E-state index contributed by atoms with van der Waals surface area (Å²) in [4.78, 5) is 0. The Morgan fingerprint density at radius 2 is 1.61 bits per heavy atom. The van der Waals surface area contributed by atoms with E-state index in [1.54, 1.807) is 5.57 Å². The number of fused-ring (bicyclic) bond motifs is 2. The zero-order valence-corrected chi connectivity index (χ0v) is 32.1. The zero-order valence-electron chi connectivity index (χ0n) is 32.1. The number of rotatable bonds is 8. The van der Waals surface area contributed by atoms with Crippen LogP contribution < -0.4 is 0 Å². The highest BCUT2D eigenvalue weighted by Gasteiger charge is 2.49. The minimum absolute atomic E-state index is 0.0836. The van der Waals surface area contributed by atoms with Gasteiger partial charge in [-0.15, -0.1) is 0 Å². The molecule has 1 aliphatic heterocycles. The third-order valence-corrected chi connectivity index (χ3v) is 15.8. The summed E-state index contributed by atoms with van der Waals surface area (Å²) < 4.78 is 49.4. The largest absolute Gasteiger partial charge is 0.392 e. The van der Waals surface area contributed by atoms with Gasteiger partial charge in [-0.2, -0.15) is 13.2 Å². The molecule has 0 bridgehead atoms. The van der Waals surface area contributed by atoms with Crippen LogP contribution in [0.2, 0.25) is 0 Å². The highest BCUT2D eigenvalue weighted by molar-refractivity contribution is 5.26. The lowest BCUT2D eigenvalue weighted by molar-refractivity contribution is -0.199. The maximum atomic E-state index is 14.5. The molecule has 0 aromatic carbocycles. The molecule has 2 nitrogen and oxygen atoms in total. The Labute approximate surface area is 308 Å². The number of aliphatic hydroxyl groups is 1. The van der Waals surface area contributed by atoms with Gasteiger partial charge >= 0.3 is 6.18 Å². The van der Waals surface area contributed by atoms with E-state index in [2.05, 4.69) is 51.7 Å². The van der Waals surface area contributed by atoms with Gasteiger partial charge in [-0.05, 0) is 186 Å². The van der Waals surface area contributed by atoms with Gasteiger partial charge in [0, 0.05) is 0 Å². The van der Waals surface area contributed by atoms with Gasteiger partial charge in [-0.1, -0.05) is 69.2 Å². The molecule has 0 amide bonds. The molecular weight excluding hydrogens is 641 g/mol.